The fourth-order valence-corrected chi connectivity index (χ4v) is 5.09. The van der Waals surface area contributed by atoms with Crippen LogP contribution in [0.3, 0.4) is 0 Å². The SMILES string of the molecule is CCOc1ccc(-c2sc3cc(OC)ccc3c2C(=O)c2cc(OC)c(OC)c(OC)c2)cc1. The van der Waals surface area contributed by atoms with E-state index in [9.17, 15) is 4.79 Å². The Morgan fingerprint density at radius 1 is 0.794 bits per heavy atom. The molecule has 0 amide bonds. The predicted octanol–water partition coefficient (Wildman–Crippen LogP) is 6.23. The molecule has 1 aromatic heterocycles. The average molecular weight is 479 g/mol. The molecule has 176 valence electrons. The van der Waals surface area contributed by atoms with Crippen molar-refractivity contribution in [3.63, 3.8) is 0 Å². The van der Waals surface area contributed by atoms with Crippen molar-refractivity contribution >= 4 is 27.2 Å². The summed E-state index contributed by atoms with van der Waals surface area (Å²) in [6.45, 7) is 2.54. The van der Waals surface area contributed by atoms with E-state index in [1.165, 1.54) is 21.3 Å². The van der Waals surface area contributed by atoms with Crippen LogP contribution in [0, 0.1) is 0 Å². The molecule has 0 bridgehead atoms. The van der Waals surface area contributed by atoms with Crippen LogP contribution in [0.4, 0.5) is 0 Å². The third kappa shape index (κ3) is 4.26. The molecule has 0 aliphatic rings. The second-order valence-electron chi connectivity index (χ2n) is 7.37. The highest BCUT2D eigenvalue weighted by atomic mass is 32.1. The lowest BCUT2D eigenvalue weighted by atomic mass is 9.97. The van der Waals surface area contributed by atoms with Crippen molar-refractivity contribution in [2.45, 2.75) is 6.92 Å². The van der Waals surface area contributed by atoms with Gasteiger partial charge in [-0.25, -0.2) is 0 Å². The summed E-state index contributed by atoms with van der Waals surface area (Å²) in [5.74, 6) is 2.67. The first-order chi connectivity index (χ1) is 16.5. The molecule has 0 spiro atoms. The molecule has 0 fully saturated rings. The number of benzene rings is 3. The lowest BCUT2D eigenvalue weighted by molar-refractivity contribution is 0.104. The van der Waals surface area contributed by atoms with Crippen molar-refractivity contribution in [2.75, 3.05) is 35.0 Å². The summed E-state index contributed by atoms with van der Waals surface area (Å²) in [7, 11) is 6.22. The normalized spacial score (nSPS) is 10.7. The molecular weight excluding hydrogens is 452 g/mol. The number of thiophene rings is 1. The van der Waals surface area contributed by atoms with Gasteiger partial charge in [0, 0.05) is 26.1 Å². The third-order valence-corrected chi connectivity index (χ3v) is 6.68. The molecule has 0 aliphatic heterocycles. The molecule has 6 nitrogen and oxygen atoms in total. The average Bonchev–Trinajstić information content (AvgIpc) is 3.26. The highest BCUT2D eigenvalue weighted by molar-refractivity contribution is 7.22. The van der Waals surface area contributed by atoms with E-state index in [1.54, 1.807) is 30.6 Å². The van der Waals surface area contributed by atoms with Crippen molar-refractivity contribution in [1.82, 2.24) is 0 Å². The Labute approximate surface area is 202 Å². The van der Waals surface area contributed by atoms with Gasteiger partial charge in [0.15, 0.2) is 17.3 Å². The maximum atomic E-state index is 14.0. The van der Waals surface area contributed by atoms with Crippen molar-refractivity contribution in [1.29, 1.82) is 0 Å². The predicted molar refractivity (Wildman–Crippen MR) is 135 cm³/mol. The Morgan fingerprint density at radius 3 is 2.00 bits per heavy atom. The molecular formula is C27H26O6S. The number of fused-ring (bicyclic) bond motifs is 1. The topological polar surface area (TPSA) is 63.2 Å². The minimum Gasteiger partial charge on any atom is -0.497 e. The van der Waals surface area contributed by atoms with E-state index in [1.807, 2.05) is 49.4 Å². The van der Waals surface area contributed by atoms with Crippen LogP contribution in [0.1, 0.15) is 22.8 Å². The fraction of sp³-hybridized carbons (Fsp3) is 0.222. The largest absolute Gasteiger partial charge is 0.497 e. The number of ether oxygens (including phenoxy) is 5. The minimum atomic E-state index is -0.139. The lowest BCUT2D eigenvalue weighted by Gasteiger charge is -2.14. The van der Waals surface area contributed by atoms with Crippen molar-refractivity contribution < 1.29 is 28.5 Å². The first-order valence-electron chi connectivity index (χ1n) is 10.7. The summed E-state index contributed by atoms with van der Waals surface area (Å²) in [5, 5.41) is 0.855. The Bertz CT molecular complexity index is 1300. The molecule has 0 aliphatic carbocycles. The van der Waals surface area contributed by atoms with E-state index >= 15 is 0 Å². The number of carbonyl (C=O) groups excluding carboxylic acids is 1. The zero-order chi connectivity index (χ0) is 24.2. The molecule has 0 radical (unpaired) electrons. The Kier molecular flexibility index (Phi) is 6.93. The number of ketones is 1. The zero-order valence-corrected chi connectivity index (χ0v) is 20.6. The van der Waals surface area contributed by atoms with E-state index in [-0.39, 0.29) is 5.78 Å². The monoisotopic (exact) mass is 478 g/mol. The maximum absolute atomic E-state index is 14.0. The molecule has 7 heteroatoms. The molecule has 0 saturated carbocycles. The molecule has 4 aromatic rings. The van der Waals surface area contributed by atoms with Gasteiger partial charge in [-0.2, -0.15) is 0 Å². The van der Waals surface area contributed by atoms with Crippen LogP contribution in [0.25, 0.3) is 20.5 Å². The summed E-state index contributed by atoms with van der Waals surface area (Å²) >= 11 is 1.55. The van der Waals surface area contributed by atoms with E-state index in [4.69, 9.17) is 23.7 Å². The van der Waals surface area contributed by atoms with Crippen LogP contribution >= 0.6 is 11.3 Å². The van der Waals surface area contributed by atoms with Gasteiger partial charge in [-0.05, 0) is 67.1 Å². The van der Waals surface area contributed by atoms with Gasteiger partial charge in [0.25, 0.3) is 0 Å². The van der Waals surface area contributed by atoms with Gasteiger partial charge in [-0.15, -0.1) is 11.3 Å². The van der Waals surface area contributed by atoms with Gasteiger partial charge in [0.05, 0.1) is 35.0 Å². The zero-order valence-electron chi connectivity index (χ0n) is 19.8. The Balaban J connectivity index is 1.92. The first-order valence-corrected chi connectivity index (χ1v) is 11.5. The molecule has 3 aromatic carbocycles. The quantitative estimate of drug-likeness (QED) is 0.266. The van der Waals surface area contributed by atoms with Gasteiger partial charge in [-0.1, -0.05) is 0 Å². The second kappa shape index (κ2) is 10.1. The number of hydrogen-bond acceptors (Lipinski definition) is 7. The van der Waals surface area contributed by atoms with Crippen molar-refractivity contribution in [3.8, 4) is 39.2 Å². The second-order valence-corrected chi connectivity index (χ2v) is 8.42. The Morgan fingerprint density at radius 2 is 1.44 bits per heavy atom. The molecule has 0 unspecified atom stereocenters. The third-order valence-electron chi connectivity index (χ3n) is 5.48. The molecule has 0 saturated heterocycles. The van der Waals surface area contributed by atoms with Crippen molar-refractivity contribution in [2.24, 2.45) is 0 Å². The highest BCUT2D eigenvalue weighted by Crippen LogP contribution is 2.44. The lowest BCUT2D eigenvalue weighted by Crippen LogP contribution is -2.05. The van der Waals surface area contributed by atoms with Crippen LogP contribution < -0.4 is 23.7 Å². The van der Waals surface area contributed by atoms with E-state index in [2.05, 4.69) is 0 Å². The number of rotatable bonds is 9. The number of methoxy groups -OCH3 is 4. The summed E-state index contributed by atoms with van der Waals surface area (Å²) in [6.07, 6.45) is 0. The van der Waals surface area contributed by atoms with E-state index in [0.29, 0.717) is 35.0 Å². The standard InChI is InChI=1S/C27H26O6S/c1-6-33-18-9-7-16(8-10-18)27-24(20-12-11-19(29-2)15-23(20)34-27)25(28)17-13-21(30-3)26(32-5)22(14-17)31-4/h7-15H,6H2,1-5H3. The van der Waals surface area contributed by atoms with Crippen LogP contribution in [-0.2, 0) is 0 Å². The fourth-order valence-electron chi connectivity index (χ4n) is 3.86. The van der Waals surface area contributed by atoms with Gasteiger partial charge in [0.1, 0.15) is 11.5 Å². The number of carbonyl (C=O) groups is 1. The highest BCUT2D eigenvalue weighted by Gasteiger charge is 2.24. The molecule has 34 heavy (non-hydrogen) atoms. The van der Waals surface area contributed by atoms with Crippen LogP contribution in [0.2, 0.25) is 0 Å². The summed E-state index contributed by atoms with van der Waals surface area (Å²) < 4.78 is 28.3. The molecule has 4 rings (SSSR count). The van der Waals surface area contributed by atoms with Crippen LogP contribution in [-0.4, -0.2) is 40.8 Å². The molecule has 0 N–H and O–H groups in total. The smallest absolute Gasteiger partial charge is 0.203 e. The molecule has 0 atom stereocenters. The summed E-state index contributed by atoms with van der Waals surface area (Å²) in [5.41, 5.74) is 1.98. The Hall–Kier alpha value is -3.71. The van der Waals surface area contributed by atoms with E-state index < -0.39 is 0 Å². The van der Waals surface area contributed by atoms with Gasteiger partial charge >= 0.3 is 0 Å². The summed E-state index contributed by atoms with van der Waals surface area (Å²) in [4.78, 5) is 14.8. The van der Waals surface area contributed by atoms with Crippen LogP contribution in [0.5, 0.6) is 28.7 Å². The first kappa shape index (κ1) is 23.4. The van der Waals surface area contributed by atoms with E-state index in [0.717, 1.165) is 32.0 Å². The van der Waals surface area contributed by atoms with Crippen LogP contribution in [0.15, 0.2) is 54.6 Å². The summed E-state index contributed by atoms with van der Waals surface area (Å²) in [6, 6.07) is 16.9. The number of hydrogen-bond donors (Lipinski definition) is 0. The maximum Gasteiger partial charge on any atom is 0.203 e. The van der Waals surface area contributed by atoms with Gasteiger partial charge in [-0.3, -0.25) is 4.79 Å². The molecule has 1 heterocycles. The van der Waals surface area contributed by atoms with Crippen molar-refractivity contribution in [3.05, 3.63) is 65.7 Å². The van der Waals surface area contributed by atoms with Gasteiger partial charge < -0.3 is 23.7 Å². The van der Waals surface area contributed by atoms with Gasteiger partial charge in [0.2, 0.25) is 5.75 Å². The minimum absolute atomic E-state index is 0.139.